The molecule has 2 heterocycles. The Labute approximate surface area is 141 Å². The van der Waals surface area contributed by atoms with Gasteiger partial charge in [-0.15, -0.1) is 0 Å². The fraction of sp³-hybridized carbons (Fsp3) is 0.556. The van der Waals surface area contributed by atoms with Crippen molar-refractivity contribution in [2.45, 2.75) is 63.5 Å². The third kappa shape index (κ3) is 3.32. The van der Waals surface area contributed by atoms with Crippen LogP contribution in [-0.2, 0) is 11.2 Å². The van der Waals surface area contributed by atoms with Crippen LogP contribution in [0.15, 0.2) is 28.9 Å². The van der Waals surface area contributed by atoms with E-state index in [2.05, 4.69) is 20.0 Å². The molecule has 4 rings (SSSR count). The molecule has 0 bridgehead atoms. The summed E-state index contributed by atoms with van der Waals surface area (Å²) in [5.74, 6) is 1.22. The van der Waals surface area contributed by atoms with Gasteiger partial charge in [-0.25, -0.2) is 0 Å². The standard InChI is InChI=1S/C18H22N4O2/c23-17(22(14-8-9-14)13-5-1-2-6-13)11-10-16-20-18(21-24-16)15-7-3-4-12-19-15/h3-4,7,12-14H,1-2,5-6,8-11H2. The van der Waals surface area contributed by atoms with Crippen LogP contribution in [0, 0.1) is 0 Å². The molecule has 0 spiro atoms. The smallest absolute Gasteiger partial charge is 0.227 e. The zero-order valence-corrected chi connectivity index (χ0v) is 13.7. The van der Waals surface area contributed by atoms with E-state index in [9.17, 15) is 4.79 Å². The Bertz CT molecular complexity index is 690. The average Bonchev–Trinajstić information content (AvgIpc) is 3.11. The number of amides is 1. The molecule has 2 aromatic rings. The Morgan fingerprint density at radius 1 is 1.17 bits per heavy atom. The zero-order chi connectivity index (χ0) is 16.4. The minimum absolute atomic E-state index is 0.238. The number of rotatable bonds is 6. The van der Waals surface area contributed by atoms with Crippen molar-refractivity contribution in [2.75, 3.05) is 0 Å². The topological polar surface area (TPSA) is 72.1 Å². The Balaban J connectivity index is 1.37. The summed E-state index contributed by atoms with van der Waals surface area (Å²) >= 11 is 0. The number of carbonyl (C=O) groups excluding carboxylic acids is 1. The number of hydrogen-bond acceptors (Lipinski definition) is 5. The largest absolute Gasteiger partial charge is 0.339 e. The average molecular weight is 326 g/mol. The van der Waals surface area contributed by atoms with E-state index in [1.807, 2.05) is 18.2 Å². The Morgan fingerprint density at radius 3 is 2.67 bits per heavy atom. The Kier molecular flexibility index (Phi) is 4.28. The highest BCUT2D eigenvalue weighted by Crippen LogP contribution is 2.35. The Morgan fingerprint density at radius 2 is 1.96 bits per heavy atom. The molecule has 0 atom stereocenters. The van der Waals surface area contributed by atoms with Crippen molar-refractivity contribution >= 4 is 5.91 Å². The van der Waals surface area contributed by atoms with Gasteiger partial charge in [-0.1, -0.05) is 24.1 Å². The van der Waals surface area contributed by atoms with Gasteiger partial charge in [-0.05, 0) is 37.8 Å². The number of aryl methyl sites for hydroxylation is 1. The minimum Gasteiger partial charge on any atom is -0.339 e. The van der Waals surface area contributed by atoms with Gasteiger partial charge in [0.1, 0.15) is 5.69 Å². The molecule has 6 heteroatoms. The maximum Gasteiger partial charge on any atom is 0.227 e. The van der Waals surface area contributed by atoms with Crippen LogP contribution in [0.3, 0.4) is 0 Å². The van der Waals surface area contributed by atoms with Gasteiger partial charge in [0.15, 0.2) is 0 Å². The SMILES string of the molecule is O=C(CCc1nc(-c2ccccn2)no1)N(C1CCCC1)C1CC1. The van der Waals surface area contributed by atoms with Crippen molar-refractivity contribution in [3.63, 3.8) is 0 Å². The van der Waals surface area contributed by atoms with Crippen molar-refractivity contribution in [2.24, 2.45) is 0 Å². The molecular formula is C18H22N4O2. The van der Waals surface area contributed by atoms with Gasteiger partial charge < -0.3 is 9.42 Å². The summed E-state index contributed by atoms with van der Waals surface area (Å²) in [7, 11) is 0. The molecule has 2 saturated carbocycles. The maximum atomic E-state index is 12.7. The van der Waals surface area contributed by atoms with Crippen molar-refractivity contribution < 1.29 is 9.32 Å². The van der Waals surface area contributed by atoms with E-state index in [1.165, 1.54) is 12.8 Å². The maximum absolute atomic E-state index is 12.7. The van der Waals surface area contributed by atoms with Gasteiger partial charge in [0.2, 0.25) is 17.6 Å². The molecule has 0 radical (unpaired) electrons. The van der Waals surface area contributed by atoms with Crippen LogP contribution >= 0.6 is 0 Å². The summed E-state index contributed by atoms with van der Waals surface area (Å²) < 4.78 is 5.28. The van der Waals surface area contributed by atoms with Crippen LogP contribution < -0.4 is 0 Å². The zero-order valence-electron chi connectivity index (χ0n) is 13.7. The molecule has 24 heavy (non-hydrogen) atoms. The van der Waals surface area contributed by atoms with E-state index < -0.39 is 0 Å². The minimum atomic E-state index is 0.238. The first-order chi connectivity index (χ1) is 11.8. The summed E-state index contributed by atoms with van der Waals surface area (Å²) in [6, 6.07) is 6.51. The monoisotopic (exact) mass is 326 g/mol. The van der Waals surface area contributed by atoms with E-state index in [-0.39, 0.29) is 5.91 Å². The third-order valence-corrected chi connectivity index (χ3v) is 4.86. The quantitative estimate of drug-likeness (QED) is 0.816. The number of carbonyl (C=O) groups is 1. The van der Waals surface area contributed by atoms with Gasteiger partial charge in [0.25, 0.3) is 0 Å². The number of aromatic nitrogens is 3. The molecule has 1 amide bonds. The van der Waals surface area contributed by atoms with Crippen LogP contribution in [0.1, 0.15) is 50.8 Å². The molecular weight excluding hydrogens is 304 g/mol. The fourth-order valence-corrected chi connectivity index (χ4v) is 3.54. The normalized spacial score (nSPS) is 18.0. The van der Waals surface area contributed by atoms with Crippen LogP contribution in [-0.4, -0.2) is 38.0 Å². The lowest BCUT2D eigenvalue weighted by atomic mass is 10.1. The van der Waals surface area contributed by atoms with Gasteiger partial charge >= 0.3 is 0 Å². The van der Waals surface area contributed by atoms with E-state index >= 15 is 0 Å². The van der Waals surface area contributed by atoms with E-state index in [4.69, 9.17) is 4.52 Å². The van der Waals surface area contributed by atoms with Gasteiger partial charge in [0.05, 0.1) is 0 Å². The molecule has 6 nitrogen and oxygen atoms in total. The van der Waals surface area contributed by atoms with Crippen LogP contribution in [0.4, 0.5) is 0 Å². The van der Waals surface area contributed by atoms with Crippen molar-refractivity contribution in [3.8, 4) is 11.5 Å². The predicted molar refractivity (Wildman–Crippen MR) is 88.0 cm³/mol. The molecule has 0 unspecified atom stereocenters. The molecule has 2 aliphatic rings. The molecule has 2 aliphatic carbocycles. The van der Waals surface area contributed by atoms with Crippen molar-refractivity contribution in [1.29, 1.82) is 0 Å². The highest BCUT2D eigenvalue weighted by Gasteiger charge is 2.38. The van der Waals surface area contributed by atoms with E-state index in [1.54, 1.807) is 6.20 Å². The lowest BCUT2D eigenvalue weighted by Gasteiger charge is -2.29. The fourth-order valence-electron chi connectivity index (χ4n) is 3.54. The first-order valence-corrected chi connectivity index (χ1v) is 8.86. The summed E-state index contributed by atoms with van der Waals surface area (Å²) in [4.78, 5) is 23.4. The van der Waals surface area contributed by atoms with Gasteiger partial charge in [0, 0.05) is 31.1 Å². The van der Waals surface area contributed by atoms with Crippen LogP contribution in [0.5, 0.6) is 0 Å². The van der Waals surface area contributed by atoms with Crippen LogP contribution in [0.25, 0.3) is 11.5 Å². The molecule has 0 saturated heterocycles. The van der Waals surface area contributed by atoms with Crippen molar-refractivity contribution in [1.82, 2.24) is 20.0 Å². The lowest BCUT2D eigenvalue weighted by Crippen LogP contribution is -2.40. The highest BCUT2D eigenvalue weighted by molar-refractivity contribution is 5.77. The third-order valence-electron chi connectivity index (χ3n) is 4.86. The number of pyridine rings is 1. The summed E-state index contributed by atoms with van der Waals surface area (Å²) in [5, 5.41) is 3.96. The van der Waals surface area contributed by atoms with Gasteiger partial charge in [-0.3, -0.25) is 9.78 Å². The molecule has 0 aromatic carbocycles. The van der Waals surface area contributed by atoms with E-state index in [0.29, 0.717) is 42.3 Å². The number of hydrogen-bond donors (Lipinski definition) is 0. The summed E-state index contributed by atoms with van der Waals surface area (Å²) in [5.41, 5.74) is 0.685. The second kappa shape index (κ2) is 6.71. The first-order valence-electron chi connectivity index (χ1n) is 8.86. The lowest BCUT2D eigenvalue weighted by molar-refractivity contribution is -0.134. The second-order valence-electron chi connectivity index (χ2n) is 6.70. The molecule has 2 aromatic heterocycles. The molecule has 0 N–H and O–H groups in total. The predicted octanol–water partition coefficient (Wildman–Crippen LogP) is 3.00. The Hall–Kier alpha value is -2.24. The second-order valence-corrected chi connectivity index (χ2v) is 6.70. The van der Waals surface area contributed by atoms with E-state index in [0.717, 1.165) is 25.7 Å². The first kappa shape index (κ1) is 15.3. The molecule has 0 aliphatic heterocycles. The van der Waals surface area contributed by atoms with Crippen molar-refractivity contribution in [3.05, 3.63) is 30.3 Å². The van der Waals surface area contributed by atoms with Gasteiger partial charge in [-0.2, -0.15) is 4.98 Å². The molecule has 2 fully saturated rings. The highest BCUT2D eigenvalue weighted by atomic mass is 16.5. The summed E-state index contributed by atoms with van der Waals surface area (Å²) in [6.07, 6.45) is 9.77. The van der Waals surface area contributed by atoms with Crippen LogP contribution in [0.2, 0.25) is 0 Å². The summed E-state index contributed by atoms with van der Waals surface area (Å²) in [6.45, 7) is 0. The number of nitrogens with zero attached hydrogens (tertiary/aromatic N) is 4. The molecule has 126 valence electrons.